The maximum Gasteiger partial charge on any atom is 0.342 e. The number of carboxylic acids is 1. The number of nitrogens with one attached hydrogen (secondary N) is 2. The molecule has 15 heteroatoms. The van der Waals surface area contributed by atoms with Crippen LogP contribution in [0.3, 0.4) is 0 Å². The number of carbonyl (C=O) groups is 5. The molecule has 0 spiro atoms. The van der Waals surface area contributed by atoms with Gasteiger partial charge in [0, 0.05) is 19.5 Å². The van der Waals surface area contributed by atoms with E-state index in [1.54, 1.807) is 6.07 Å². The van der Waals surface area contributed by atoms with E-state index >= 15 is 0 Å². The molecular formula is C48H82N2O13. The number of esters is 2. The Kier molecular flexibility index (Phi) is 32.3. The van der Waals surface area contributed by atoms with Crippen LogP contribution in [0.4, 0.5) is 0 Å². The van der Waals surface area contributed by atoms with Crippen LogP contribution in [0.25, 0.3) is 0 Å². The summed E-state index contributed by atoms with van der Waals surface area (Å²) >= 11 is 0. The third-order valence-electron chi connectivity index (χ3n) is 9.38. The van der Waals surface area contributed by atoms with Crippen molar-refractivity contribution in [1.82, 2.24) is 10.6 Å². The molecule has 0 aliphatic heterocycles. The van der Waals surface area contributed by atoms with Gasteiger partial charge < -0.3 is 48.9 Å². The molecule has 0 fully saturated rings. The van der Waals surface area contributed by atoms with Crippen LogP contribution in [0, 0.1) is 0 Å². The van der Waals surface area contributed by atoms with Gasteiger partial charge in [-0.2, -0.15) is 0 Å². The molecule has 362 valence electrons. The van der Waals surface area contributed by atoms with Crippen molar-refractivity contribution in [2.24, 2.45) is 0 Å². The smallest absolute Gasteiger partial charge is 0.342 e. The van der Waals surface area contributed by atoms with Crippen LogP contribution in [0.1, 0.15) is 167 Å². The van der Waals surface area contributed by atoms with Crippen LogP contribution in [-0.4, -0.2) is 119 Å². The molecule has 0 unspecified atom stereocenters. The summed E-state index contributed by atoms with van der Waals surface area (Å²) in [7, 11) is 0. The van der Waals surface area contributed by atoms with Crippen LogP contribution >= 0.6 is 0 Å². The fourth-order valence-corrected chi connectivity index (χ4v) is 6.35. The zero-order chi connectivity index (χ0) is 46.6. The maximum absolute atomic E-state index is 13.1. The van der Waals surface area contributed by atoms with Crippen LogP contribution in [0.2, 0.25) is 0 Å². The number of carbonyl (C=O) groups excluding carboxylic acids is 4. The van der Waals surface area contributed by atoms with Gasteiger partial charge in [0.25, 0.3) is 5.91 Å². The second kappa shape index (κ2) is 35.5. The molecule has 0 heterocycles. The van der Waals surface area contributed by atoms with Crippen molar-refractivity contribution in [3.63, 3.8) is 0 Å². The Morgan fingerprint density at radius 2 is 0.968 bits per heavy atom. The molecule has 2 amide bonds. The van der Waals surface area contributed by atoms with E-state index in [1.807, 2.05) is 53.7 Å². The van der Waals surface area contributed by atoms with Crippen LogP contribution < -0.4 is 15.4 Å². The first-order valence-corrected chi connectivity index (χ1v) is 23.3. The minimum Gasteiger partial charge on any atom is -0.483 e. The molecule has 0 bridgehead atoms. The van der Waals surface area contributed by atoms with E-state index in [0.29, 0.717) is 17.7 Å². The number of ether oxygens (including phenoxy) is 7. The van der Waals surface area contributed by atoms with E-state index in [0.717, 1.165) is 37.7 Å². The van der Waals surface area contributed by atoms with Gasteiger partial charge in [-0.05, 0) is 78.5 Å². The fourth-order valence-electron chi connectivity index (χ4n) is 6.35. The molecule has 3 N–H and O–H groups in total. The van der Waals surface area contributed by atoms with Gasteiger partial charge in [0.05, 0.1) is 39.6 Å². The van der Waals surface area contributed by atoms with Crippen molar-refractivity contribution in [3.05, 3.63) is 29.3 Å². The van der Waals surface area contributed by atoms with Gasteiger partial charge in [-0.1, -0.05) is 96.0 Å². The molecule has 1 rings (SSSR count). The largest absolute Gasteiger partial charge is 0.483 e. The number of rotatable bonds is 39. The first-order valence-electron chi connectivity index (χ1n) is 23.3. The summed E-state index contributed by atoms with van der Waals surface area (Å²) < 4.78 is 37.6. The van der Waals surface area contributed by atoms with E-state index < -0.39 is 23.1 Å². The number of hydrogen-bond acceptors (Lipinski definition) is 12. The third-order valence-corrected chi connectivity index (χ3v) is 9.38. The highest BCUT2D eigenvalue weighted by Crippen LogP contribution is 2.25. The summed E-state index contributed by atoms with van der Waals surface area (Å²) in [5, 5.41) is 13.9. The lowest BCUT2D eigenvalue weighted by Gasteiger charge is -2.21. The minimum absolute atomic E-state index is 0.0832. The van der Waals surface area contributed by atoms with Crippen molar-refractivity contribution in [1.29, 1.82) is 0 Å². The number of aliphatic carboxylic acids is 1. The van der Waals surface area contributed by atoms with Crippen LogP contribution in [0.15, 0.2) is 18.2 Å². The lowest BCUT2D eigenvalue weighted by molar-refractivity contribution is -0.155. The van der Waals surface area contributed by atoms with E-state index in [1.165, 1.54) is 77.0 Å². The van der Waals surface area contributed by atoms with E-state index in [2.05, 4.69) is 10.6 Å². The number of unbranched alkanes of at least 4 members (excludes halogenated alkanes) is 15. The minimum atomic E-state index is -1.05. The molecular weight excluding hydrogens is 813 g/mol. The Morgan fingerprint density at radius 3 is 1.46 bits per heavy atom. The summed E-state index contributed by atoms with van der Waals surface area (Å²) in [6.07, 6.45) is 20.9. The molecule has 0 saturated heterocycles. The number of hydrogen-bond donors (Lipinski definition) is 3. The summed E-state index contributed by atoms with van der Waals surface area (Å²) in [5.74, 6) is -2.01. The quantitative estimate of drug-likeness (QED) is 0.0427. The molecule has 1 aromatic carbocycles. The van der Waals surface area contributed by atoms with Gasteiger partial charge in [0.2, 0.25) is 5.91 Å². The van der Waals surface area contributed by atoms with Gasteiger partial charge in [-0.3, -0.25) is 14.4 Å². The summed E-state index contributed by atoms with van der Waals surface area (Å²) in [6.45, 7) is 12.2. The first kappa shape index (κ1) is 57.2. The Hall–Kier alpha value is -3.79. The van der Waals surface area contributed by atoms with Gasteiger partial charge >= 0.3 is 17.9 Å². The molecule has 0 aliphatic carbocycles. The lowest BCUT2D eigenvalue weighted by Crippen LogP contribution is -2.32. The fraction of sp³-hybridized carbons (Fsp3) is 0.771. The zero-order valence-corrected chi connectivity index (χ0v) is 39.6. The Balaban J connectivity index is 2.18. The monoisotopic (exact) mass is 895 g/mol. The van der Waals surface area contributed by atoms with Crippen molar-refractivity contribution < 1.29 is 62.2 Å². The highest BCUT2D eigenvalue weighted by atomic mass is 16.6. The molecule has 1 aromatic rings. The molecule has 0 saturated carbocycles. The summed E-state index contributed by atoms with van der Waals surface area (Å²) in [4.78, 5) is 59.6. The van der Waals surface area contributed by atoms with E-state index in [-0.39, 0.29) is 90.3 Å². The van der Waals surface area contributed by atoms with E-state index in [4.69, 9.17) is 38.3 Å². The topological polar surface area (TPSA) is 194 Å². The standard InChI is InChI=1S/C48H82N2O13/c1-47(2,3)62-45(55)24-22-20-18-16-14-12-10-8-7-9-11-13-15-17-19-21-23-39-25-26-41(40(35-39)46(56)63-48(4,5)6)61-37-43(52)50-28-30-57-31-33-59-36-42(51)49-27-29-58-32-34-60-38-44(53)54/h25-26,35H,7-24,27-34,36-38H2,1-6H3,(H,49,51)(H,50,52)(H,53,54). The Labute approximate surface area is 377 Å². The summed E-state index contributed by atoms with van der Waals surface area (Å²) in [5.41, 5.74) is 0.242. The lowest BCUT2D eigenvalue weighted by atomic mass is 10.0. The number of benzene rings is 1. The number of carboxylic acid groups (broad SMARTS) is 1. The molecule has 15 nitrogen and oxygen atoms in total. The van der Waals surface area contributed by atoms with Crippen molar-refractivity contribution in [2.75, 3.05) is 72.6 Å². The second-order valence-electron chi connectivity index (χ2n) is 17.8. The Bertz CT molecular complexity index is 1410. The van der Waals surface area contributed by atoms with Gasteiger partial charge in [-0.25, -0.2) is 9.59 Å². The number of amides is 2. The molecule has 0 atom stereocenters. The van der Waals surface area contributed by atoms with E-state index in [9.17, 15) is 24.0 Å². The van der Waals surface area contributed by atoms with Crippen molar-refractivity contribution >= 4 is 29.7 Å². The normalized spacial score (nSPS) is 11.6. The predicted molar refractivity (Wildman–Crippen MR) is 242 cm³/mol. The van der Waals surface area contributed by atoms with Crippen LogP contribution in [-0.2, 0) is 54.0 Å². The average molecular weight is 895 g/mol. The van der Waals surface area contributed by atoms with Gasteiger partial charge in [0.15, 0.2) is 6.61 Å². The predicted octanol–water partition coefficient (Wildman–Crippen LogP) is 7.92. The second-order valence-corrected chi connectivity index (χ2v) is 17.8. The first-order chi connectivity index (χ1) is 30.1. The SMILES string of the molecule is CC(C)(C)OC(=O)CCCCCCCCCCCCCCCCCCc1ccc(OCC(=O)NCCOCCOCC(=O)NCCOCCOCC(=O)O)c(C(=O)OC(C)(C)C)c1. The van der Waals surface area contributed by atoms with Crippen molar-refractivity contribution in [3.8, 4) is 5.75 Å². The molecule has 63 heavy (non-hydrogen) atoms. The zero-order valence-electron chi connectivity index (χ0n) is 39.6. The molecule has 0 radical (unpaired) electrons. The van der Waals surface area contributed by atoms with Crippen LogP contribution in [0.5, 0.6) is 5.75 Å². The Morgan fingerprint density at radius 1 is 0.524 bits per heavy atom. The maximum atomic E-state index is 13.1. The summed E-state index contributed by atoms with van der Waals surface area (Å²) in [6, 6.07) is 5.49. The molecule has 0 aromatic heterocycles. The average Bonchev–Trinajstić information content (AvgIpc) is 3.20. The third kappa shape index (κ3) is 36.3. The number of aryl methyl sites for hydroxylation is 1. The molecule has 0 aliphatic rings. The highest BCUT2D eigenvalue weighted by Gasteiger charge is 2.22. The van der Waals surface area contributed by atoms with Crippen molar-refractivity contribution in [2.45, 2.75) is 168 Å². The van der Waals surface area contributed by atoms with Gasteiger partial charge in [0.1, 0.15) is 35.7 Å². The highest BCUT2D eigenvalue weighted by molar-refractivity contribution is 5.93. The van der Waals surface area contributed by atoms with Gasteiger partial charge in [-0.15, -0.1) is 0 Å².